The van der Waals surface area contributed by atoms with Crippen LogP contribution in [0.5, 0.6) is 5.75 Å². The van der Waals surface area contributed by atoms with E-state index in [4.69, 9.17) is 4.74 Å². The number of nitrogens with zero attached hydrogens (tertiary/aromatic N) is 1. The fraction of sp³-hybridized carbons (Fsp3) is 0.545. The number of carbonyl (C=O) groups excluding carboxylic acids is 3. The third kappa shape index (κ3) is 10.6. The summed E-state index contributed by atoms with van der Waals surface area (Å²) in [6.45, 7) is 15.3. The van der Waals surface area contributed by atoms with Crippen molar-refractivity contribution >= 4 is 35.4 Å². The van der Waals surface area contributed by atoms with E-state index in [9.17, 15) is 19.5 Å². The topological polar surface area (TPSA) is 108 Å². The molecule has 3 N–H and O–H groups in total. The maximum absolute atomic E-state index is 14.5. The molecule has 0 aliphatic rings. The minimum atomic E-state index is -1.02. The van der Waals surface area contributed by atoms with Crippen LogP contribution in [0.2, 0.25) is 0 Å². The van der Waals surface area contributed by atoms with Gasteiger partial charge in [0.1, 0.15) is 23.4 Å². The Labute approximate surface area is 256 Å². The molecule has 0 radical (unpaired) electrons. The smallest absolute Gasteiger partial charge is 0.408 e. The molecule has 0 aliphatic carbocycles. The summed E-state index contributed by atoms with van der Waals surface area (Å²) < 4.78 is 5.49. The van der Waals surface area contributed by atoms with Gasteiger partial charge < -0.3 is 25.4 Å². The standard InChI is InChI=1S/C33H49N3O5S/c1-21(2)13-14-24(5)36(31(39)27(19-20-42-9)34-32(40)41-33(6,7)8)29(25-15-17-26(37)18-16-25)30(38)35-28-22(3)11-10-12-23(28)4/h10-12,15-18,21,24,27,29,37H,13-14,19-20H2,1-9H3,(H,34,40)(H,35,38). The molecule has 9 heteroatoms. The summed E-state index contributed by atoms with van der Waals surface area (Å²) >= 11 is 1.57. The maximum atomic E-state index is 14.5. The van der Waals surface area contributed by atoms with E-state index in [-0.39, 0.29) is 23.6 Å². The summed E-state index contributed by atoms with van der Waals surface area (Å²) in [7, 11) is 0. The molecule has 8 nitrogen and oxygen atoms in total. The number of thioether (sulfide) groups is 1. The number of amides is 3. The number of alkyl carbamates (subject to hydrolysis) is 1. The third-order valence-electron chi connectivity index (χ3n) is 6.96. The average Bonchev–Trinajstić information content (AvgIpc) is 2.89. The first kappa shape index (κ1) is 35.0. The Hall–Kier alpha value is -3.20. The maximum Gasteiger partial charge on any atom is 0.408 e. The second kappa shape index (κ2) is 15.9. The van der Waals surface area contributed by atoms with Gasteiger partial charge in [0.15, 0.2) is 0 Å². The van der Waals surface area contributed by atoms with E-state index < -0.39 is 23.8 Å². The molecule has 0 bridgehead atoms. The lowest BCUT2D eigenvalue weighted by molar-refractivity contribution is -0.143. The largest absolute Gasteiger partial charge is 0.508 e. The van der Waals surface area contributed by atoms with Crippen molar-refractivity contribution in [3.63, 3.8) is 0 Å². The van der Waals surface area contributed by atoms with Gasteiger partial charge in [-0.2, -0.15) is 11.8 Å². The number of hydrogen-bond acceptors (Lipinski definition) is 6. The van der Waals surface area contributed by atoms with Gasteiger partial charge in [-0.25, -0.2) is 4.79 Å². The second-order valence-electron chi connectivity index (χ2n) is 12.3. The van der Waals surface area contributed by atoms with Crippen molar-refractivity contribution in [1.82, 2.24) is 10.2 Å². The fourth-order valence-corrected chi connectivity index (χ4v) is 5.20. The van der Waals surface area contributed by atoms with Crippen molar-refractivity contribution in [1.29, 1.82) is 0 Å². The number of aryl methyl sites for hydroxylation is 2. The van der Waals surface area contributed by atoms with Gasteiger partial charge >= 0.3 is 6.09 Å². The molecule has 3 atom stereocenters. The fourth-order valence-electron chi connectivity index (χ4n) is 4.73. The number of carbonyl (C=O) groups is 3. The highest BCUT2D eigenvalue weighted by Crippen LogP contribution is 2.31. The third-order valence-corrected chi connectivity index (χ3v) is 7.60. The van der Waals surface area contributed by atoms with E-state index in [1.54, 1.807) is 49.6 Å². The number of para-hydroxylation sites is 1. The highest BCUT2D eigenvalue weighted by Gasteiger charge is 2.39. The van der Waals surface area contributed by atoms with Gasteiger partial charge in [0.25, 0.3) is 5.91 Å². The van der Waals surface area contributed by atoms with Gasteiger partial charge in [-0.1, -0.05) is 44.2 Å². The van der Waals surface area contributed by atoms with Crippen LogP contribution >= 0.6 is 11.8 Å². The van der Waals surface area contributed by atoms with Gasteiger partial charge in [-0.15, -0.1) is 0 Å². The average molecular weight is 600 g/mol. The minimum Gasteiger partial charge on any atom is -0.508 e. The van der Waals surface area contributed by atoms with Crippen LogP contribution in [0.25, 0.3) is 0 Å². The first-order valence-electron chi connectivity index (χ1n) is 14.6. The zero-order valence-electron chi connectivity index (χ0n) is 26.6. The summed E-state index contributed by atoms with van der Waals surface area (Å²) in [6, 6.07) is 9.89. The Bertz CT molecular complexity index is 1170. The number of benzene rings is 2. The molecule has 3 amide bonds. The van der Waals surface area contributed by atoms with E-state index >= 15 is 0 Å². The molecule has 3 unspecified atom stereocenters. The summed E-state index contributed by atoms with van der Waals surface area (Å²) in [5, 5.41) is 15.9. The molecule has 232 valence electrons. The Morgan fingerprint density at radius 1 is 0.952 bits per heavy atom. The number of phenols is 1. The lowest BCUT2D eigenvalue weighted by Gasteiger charge is -2.39. The van der Waals surface area contributed by atoms with E-state index in [1.807, 2.05) is 45.2 Å². The summed E-state index contributed by atoms with van der Waals surface area (Å²) in [5.41, 5.74) is 2.33. The van der Waals surface area contributed by atoms with Crippen LogP contribution in [0, 0.1) is 19.8 Å². The molecule has 0 spiro atoms. The van der Waals surface area contributed by atoms with Gasteiger partial charge in [0.2, 0.25) is 5.91 Å². The van der Waals surface area contributed by atoms with E-state index in [0.29, 0.717) is 35.8 Å². The number of nitrogens with one attached hydrogen (secondary N) is 2. The molecular formula is C33H49N3O5S. The summed E-state index contributed by atoms with van der Waals surface area (Å²) in [5.74, 6) is 0.346. The van der Waals surface area contributed by atoms with Crippen LogP contribution < -0.4 is 10.6 Å². The van der Waals surface area contributed by atoms with E-state index in [1.165, 1.54) is 12.1 Å². The number of rotatable bonds is 13. The lowest BCUT2D eigenvalue weighted by atomic mass is 9.96. The van der Waals surface area contributed by atoms with Crippen molar-refractivity contribution in [2.75, 3.05) is 17.3 Å². The Morgan fingerprint density at radius 3 is 2.07 bits per heavy atom. The number of ether oxygens (including phenoxy) is 1. The van der Waals surface area contributed by atoms with Gasteiger partial charge in [-0.05, 0) is 108 Å². The summed E-state index contributed by atoms with van der Waals surface area (Å²) in [6.07, 6.45) is 3.14. The zero-order valence-corrected chi connectivity index (χ0v) is 27.4. The lowest BCUT2D eigenvalue weighted by Crippen LogP contribution is -2.55. The molecule has 0 heterocycles. The Balaban J connectivity index is 2.64. The van der Waals surface area contributed by atoms with Crippen molar-refractivity contribution < 1.29 is 24.2 Å². The molecular weight excluding hydrogens is 550 g/mol. The van der Waals surface area contributed by atoms with Gasteiger partial charge in [-0.3, -0.25) is 9.59 Å². The van der Waals surface area contributed by atoms with Crippen molar-refractivity contribution in [3.8, 4) is 5.75 Å². The minimum absolute atomic E-state index is 0.0582. The highest BCUT2D eigenvalue weighted by molar-refractivity contribution is 7.98. The number of aromatic hydroxyl groups is 1. The van der Waals surface area contributed by atoms with Crippen molar-refractivity contribution in [2.45, 2.75) is 98.4 Å². The number of anilines is 1. The molecule has 42 heavy (non-hydrogen) atoms. The predicted octanol–water partition coefficient (Wildman–Crippen LogP) is 6.99. The number of phenolic OH excluding ortho intramolecular Hbond substituents is 1. The van der Waals surface area contributed by atoms with Crippen LogP contribution in [0.3, 0.4) is 0 Å². The SMILES string of the molecule is CSCCC(NC(=O)OC(C)(C)C)C(=O)N(C(C)CCC(C)C)C(C(=O)Nc1c(C)cccc1C)c1ccc(O)cc1. The molecule has 2 rings (SSSR count). The van der Waals surface area contributed by atoms with Crippen molar-refractivity contribution in [3.05, 3.63) is 59.2 Å². The van der Waals surface area contributed by atoms with Crippen molar-refractivity contribution in [2.24, 2.45) is 5.92 Å². The number of hydrogen-bond donors (Lipinski definition) is 3. The van der Waals surface area contributed by atoms with Crippen LogP contribution in [0.1, 0.15) is 83.5 Å². The van der Waals surface area contributed by atoms with Crippen LogP contribution in [0.4, 0.5) is 10.5 Å². The second-order valence-corrected chi connectivity index (χ2v) is 13.3. The molecule has 0 saturated carbocycles. The zero-order chi connectivity index (χ0) is 31.6. The normalized spacial score (nSPS) is 13.7. The molecule has 0 aromatic heterocycles. The Morgan fingerprint density at radius 2 is 1.55 bits per heavy atom. The highest BCUT2D eigenvalue weighted by atomic mass is 32.2. The molecule has 0 fully saturated rings. The van der Waals surface area contributed by atoms with E-state index in [2.05, 4.69) is 24.5 Å². The van der Waals surface area contributed by atoms with Crippen LogP contribution in [0.15, 0.2) is 42.5 Å². The first-order valence-corrected chi connectivity index (χ1v) is 16.0. The molecule has 0 saturated heterocycles. The Kier molecular flexibility index (Phi) is 13.2. The predicted molar refractivity (Wildman–Crippen MR) is 172 cm³/mol. The van der Waals surface area contributed by atoms with E-state index in [0.717, 1.165) is 17.5 Å². The summed E-state index contributed by atoms with van der Waals surface area (Å²) in [4.78, 5) is 43.2. The molecule has 2 aromatic rings. The van der Waals surface area contributed by atoms with Crippen LogP contribution in [-0.4, -0.2) is 57.6 Å². The first-order chi connectivity index (χ1) is 19.6. The quantitative estimate of drug-likeness (QED) is 0.229. The van der Waals surface area contributed by atoms with Gasteiger partial charge in [0.05, 0.1) is 0 Å². The van der Waals surface area contributed by atoms with Gasteiger partial charge in [0, 0.05) is 11.7 Å². The monoisotopic (exact) mass is 599 g/mol. The molecule has 2 aromatic carbocycles. The molecule has 0 aliphatic heterocycles. The van der Waals surface area contributed by atoms with Crippen LogP contribution in [-0.2, 0) is 14.3 Å².